The van der Waals surface area contributed by atoms with Crippen molar-refractivity contribution in [3.8, 4) is 0 Å². The summed E-state index contributed by atoms with van der Waals surface area (Å²) in [4.78, 5) is 0. The van der Waals surface area contributed by atoms with Crippen molar-refractivity contribution >= 4 is 0 Å². The lowest BCUT2D eigenvalue weighted by Crippen LogP contribution is -2.28. The summed E-state index contributed by atoms with van der Waals surface area (Å²) >= 11 is 0. The summed E-state index contributed by atoms with van der Waals surface area (Å²) < 4.78 is 0. The molecule has 0 fully saturated rings. The molecule has 0 aromatic carbocycles. The van der Waals surface area contributed by atoms with Crippen molar-refractivity contribution in [1.82, 2.24) is 10.6 Å². The minimum Gasteiger partial charge on any atom is -0.320 e. The van der Waals surface area contributed by atoms with Gasteiger partial charge in [0.25, 0.3) is 0 Å². The fourth-order valence-corrected chi connectivity index (χ4v) is 1.23. The van der Waals surface area contributed by atoms with Gasteiger partial charge < -0.3 is 10.6 Å². The molecule has 2 nitrogen and oxygen atoms in total. The Morgan fingerprint density at radius 1 is 1.17 bits per heavy atom. The average Bonchev–Trinajstić information content (AvgIpc) is 2.09. The molecule has 0 aliphatic carbocycles. The minimum absolute atomic E-state index is 0.696. The summed E-state index contributed by atoms with van der Waals surface area (Å²) in [5.41, 5.74) is 0. The first-order valence-electron chi connectivity index (χ1n) is 5.19. The Balaban J connectivity index is 3.02. The van der Waals surface area contributed by atoms with Crippen molar-refractivity contribution < 1.29 is 0 Å². The molecule has 0 spiro atoms. The highest BCUT2D eigenvalue weighted by Crippen LogP contribution is 1.98. The molecule has 0 saturated carbocycles. The smallest absolute Gasteiger partial charge is 0.00387 e. The summed E-state index contributed by atoms with van der Waals surface area (Å²) in [5.74, 6) is 0. The first kappa shape index (κ1) is 11.9. The van der Waals surface area contributed by atoms with Gasteiger partial charge in [-0.3, -0.25) is 0 Å². The molecule has 12 heavy (non-hydrogen) atoms. The average molecular weight is 172 g/mol. The molecule has 2 heteroatoms. The van der Waals surface area contributed by atoms with Crippen LogP contribution in [0.1, 0.15) is 39.5 Å². The molecule has 0 rings (SSSR count). The molecule has 0 aliphatic rings. The molecule has 0 saturated heterocycles. The Labute approximate surface area is 77.1 Å². The van der Waals surface area contributed by atoms with E-state index < -0.39 is 0 Å². The van der Waals surface area contributed by atoms with Gasteiger partial charge in [0.2, 0.25) is 0 Å². The van der Waals surface area contributed by atoms with E-state index in [1.807, 2.05) is 7.05 Å². The Morgan fingerprint density at radius 3 is 2.50 bits per heavy atom. The summed E-state index contributed by atoms with van der Waals surface area (Å²) in [6.45, 7) is 6.78. The van der Waals surface area contributed by atoms with E-state index >= 15 is 0 Å². The van der Waals surface area contributed by atoms with Gasteiger partial charge >= 0.3 is 0 Å². The molecule has 1 atom stereocenters. The van der Waals surface area contributed by atoms with E-state index in [4.69, 9.17) is 0 Å². The van der Waals surface area contributed by atoms with Crippen LogP contribution in [0.15, 0.2) is 0 Å². The summed E-state index contributed by atoms with van der Waals surface area (Å²) in [6, 6.07) is 0.696. The Hall–Kier alpha value is -0.0800. The SMILES string of the molecule is CCCCC(C)NCCCNC. The Bertz CT molecular complexity index is 83.9. The second-order valence-electron chi connectivity index (χ2n) is 3.45. The number of nitrogens with one attached hydrogen (secondary N) is 2. The van der Waals surface area contributed by atoms with Crippen molar-refractivity contribution in [2.24, 2.45) is 0 Å². The Morgan fingerprint density at radius 2 is 1.92 bits per heavy atom. The van der Waals surface area contributed by atoms with Gasteiger partial charge in [0.15, 0.2) is 0 Å². The third-order valence-corrected chi connectivity index (χ3v) is 2.09. The summed E-state index contributed by atoms with van der Waals surface area (Å²) in [7, 11) is 2.00. The van der Waals surface area contributed by atoms with Crippen LogP contribution < -0.4 is 10.6 Å². The summed E-state index contributed by atoms with van der Waals surface area (Å²) in [6.07, 6.45) is 5.20. The van der Waals surface area contributed by atoms with Crippen molar-refractivity contribution in [2.45, 2.75) is 45.6 Å². The van der Waals surface area contributed by atoms with E-state index in [9.17, 15) is 0 Å². The molecule has 74 valence electrons. The zero-order valence-electron chi connectivity index (χ0n) is 8.82. The molecular weight excluding hydrogens is 148 g/mol. The highest BCUT2D eigenvalue weighted by Gasteiger charge is 1.98. The van der Waals surface area contributed by atoms with E-state index in [1.54, 1.807) is 0 Å². The molecule has 0 amide bonds. The van der Waals surface area contributed by atoms with Crippen molar-refractivity contribution in [1.29, 1.82) is 0 Å². The fraction of sp³-hybridized carbons (Fsp3) is 1.00. The quantitative estimate of drug-likeness (QED) is 0.545. The Kier molecular flexibility index (Phi) is 8.95. The van der Waals surface area contributed by atoms with Gasteiger partial charge in [-0.2, -0.15) is 0 Å². The summed E-state index contributed by atoms with van der Waals surface area (Å²) in [5, 5.41) is 6.66. The van der Waals surface area contributed by atoms with Crippen LogP contribution in [-0.4, -0.2) is 26.2 Å². The van der Waals surface area contributed by atoms with E-state index in [2.05, 4.69) is 24.5 Å². The topological polar surface area (TPSA) is 24.1 Å². The minimum atomic E-state index is 0.696. The monoisotopic (exact) mass is 172 g/mol. The molecular formula is C10H24N2. The maximum atomic E-state index is 3.51. The zero-order chi connectivity index (χ0) is 9.23. The van der Waals surface area contributed by atoms with Crippen LogP contribution in [0.25, 0.3) is 0 Å². The molecule has 0 bridgehead atoms. The predicted molar refractivity (Wildman–Crippen MR) is 55.5 cm³/mol. The number of rotatable bonds is 8. The molecule has 1 unspecified atom stereocenters. The highest BCUT2D eigenvalue weighted by molar-refractivity contribution is 4.60. The van der Waals surface area contributed by atoms with E-state index in [0.717, 1.165) is 13.1 Å². The van der Waals surface area contributed by atoms with Crippen LogP contribution in [0.4, 0.5) is 0 Å². The van der Waals surface area contributed by atoms with Gasteiger partial charge in [-0.25, -0.2) is 0 Å². The number of hydrogen-bond acceptors (Lipinski definition) is 2. The fourth-order valence-electron chi connectivity index (χ4n) is 1.23. The lowest BCUT2D eigenvalue weighted by Gasteiger charge is -2.12. The first-order chi connectivity index (χ1) is 5.81. The zero-order valence-corrected chi connectivity index (χ0v) is 8.82. The van der Waals surface area contributed by atoms with Crippen molar-refractivity contribution in [3.05, 3.63) is 0 Å². The standard InChI is InChI=1S/C10H24N2/c1-4-5-7-10(2)12-9-6-8-11-3/h10-12H,4-9H2,1-3H3. The first-order valence-corrected chi connectivity index (χ1v) is 5.19. The third-order valence-electron chi connectivity index (χ3n) is 2.09. The third kappa shape index (κ3) is 8.02. The lowest BCUT2D eigenvalue weighted by atomic mass is 10.1. The largest absolute Gasteiger partial charge is 0.320 e. The molecule has 0 aromatic rings. The van der Waals surface area contributed by atoms with Gasteiger partial charge in [0.1, 0.15) is 0 Å². The van der Waals surface area contributed by atoms with Gasteiger partial charge in [0.05, 0.1) is 0 Å². The highest BCUT2D eigenvalue weighted by atomic mass is 14.9. The maximum Gasteiger partial charge on any atom is 0.00387 e. The molecule has 0 heterocycles. The van der Waals surface area contributed by atoms with E-state index in [-0.39, 0.29) is 0 Å². The van der Waals surface area contributed by atoms with Crippen molar-refractivity contribution in [2.75, 3.05) is 20.1 Å². The second kappa shape index (κ2) is 9.01. The lowest BCUT2D eigenvalue weighted by molar-refractivity contribution is 0.486. The van der Waals surface area contributed by atoms with Gasteiger partial charge in [-0.05, 0) is 39.9 Å². The van der Waals surface area contributed by atoms with Gasteiger partial charge in [0, 0.05) is 6.04 Å². The predicted octanol–water partition coefficient (Wildman–Crippen LogP) is 1.76. The van der Waals surface area contributed by atoms with Crippen LogP contribution in [0, 0.1) is 0 Å². The van der Waals surface area contributed by atoms with Crippen LogP contribution in [0.5, 0.6) is 0 Å². The second-order valence-corrected chi connectivity index (χ2v) is 3.45. The van der Waals surface area contributed by atoms with Gasteiger partial charge in [-0.1, -0.05) is 19.8 Å². The molecule has 0 radical (unpaired) electrons. The molecule has 0 aromatic heterocycles. The normalized spacial score (nSPS) is 13.2. The van der Waals surface area contributed by atoms with Crippen molar-refractivity contribution in [3.63, 3.8) is 0 Å². The van der Waals surface area contributed by atoms with E-state index in [1.165, 1.54) is 25.7 Å². The van der Waals surface area contributed by atoms with E-state index in [0.29, 0.717) is 6.04 Å². The molecule has 0 aliphatic heterocycles. The van der Waals surface area contributed by atoms with Gasteiger partial charge in [-0.15, -0.1) is 0 Å². The van der Waals surface area contributed by atoms with Crippen LogP contribution in [-0.2, 0) is 0 Å². The maximum absolute atomic E-state index is 3.51. The number of hydrogen-bond donors (Lipinski definition) is 2. The molecule has 2 N–H and O–H groups in total. The number of unbranched alkanes of at least 4 members (excludes halogenated alkanes) is 1. The van der Waals surface area contributed by atoms with Crippen LogP contribution in [0.2, 0.25) is 0 Å². The van der Waals surface area contributed by atoms with Crippen LogP contribution >= 0.6 is 0 Å². The van der Waals surface area contributed by atoms with Crippen LogP contribution in [0.3, 0.4) is 0 Å².